The molecule has 4 rings (SSSR count). The minimum atomic E-state index is -0.661. The third kappa shape index (κ3) is 5.91. The first-order valence-corrected chi connectivity index (χ1v) is 13.1. The second-order valence-corrected chi connectivity index (χ2v) is 9.57. The number of fused-ring (bicyclic) bond motifs is 2. The highest BCUT2D eigenvalue weighted by Gasteiger charge is 2.32. The second kappa shape index (κ2) is 12.3. The molecule has 0 saturated heterocycles. The number of ketones is 2. The molecule has 1 aromatic heterocycles. The van der Waals surface area contributed by atoms with Gasteiger partial charge >= 0.3 is 5.97 Å². The van der Waals surface area contributed by atoms with E-state index in [-0.39, 0.29) is 70.0 Å². The van der Waals surface area contributed by atoms with Crippen molar-refractivity contribution in [3.05, 3.63) is 70.0 Å². The Balaban J connectivity index is 1.94. The van der Waals surface area contributed by atoms with Crippen molar-refractivity contribution in [1.29, 1.82) is 0 Å². The molecule has 0 saturated carbocycles. The molecule has 3 aromatic rings. The van der Waals surface area contributed by atoms with E-state index in [1.807, 2.05) is 37.3 Å². The van der Waals surface area contributed by atoms with Crippen LogP contribution in [0.25, 0.3) is 11.1 Å². The predicted octanol–water partition coefficient (Wildman–Crippen LogP) is 6.16. The summed E-state index contributed by atoms with van der Waals surface area (Å²) >= 11 is 6.56. The molecule has 0 N–H and O–H groups in total. The van der Waals surface area contributed by atoms with E-state index >= 15 is 0 Å². The number of carbonyl (C=O) groups excluding carboxylic acids is 3. The Hall–Kier alpha value is -3.91. The third-order valence-corrected chi connectivity index (χ3v) is 6.75. The van der Waals surface area contributed by atoms with Crippen LogP contribution in [0.4, 0.5) is 0 Å². The van der Waals surface area contributed by atoms with Crippen LogP contribution in [0.5, 0.6) is 17.2 Å². The van der Waals surface area contributed by atoms with Crippen molar-refractivity contribution in [2.75, 3.05) is 20.8 Å². The van der Waals surface area contributed by atoms with Gasteiger partial charge in [-0.15, -0.1) is 0 Å². The van der Waals surface area contributed by atoms with Crippen LogP contribution in [0.3, 0.4) is 0 Å². The zero-order valence-corrected chi connectivity index (χ0v) is 23.1. The topological polar surface area (TPSA) is 101 Å². The summed E-state index contributed by atoms with van der Waals surface area (Å²) in [7, 11) is 2.86. The van der Waals surface area contributed by atoms with Gasteiger partial charge in [0.1, 0.15) is 33.9 Å². The summed E-state index contributed by atoms with van der Waals surface area (Å²) in [6.07, 6.45) is 0.571. The van der Waals surface area contributed by atoms with Crippen LogP contribution in [0.2, 0.25) is 5.02 Å². The van der Waals surface area contributed by atoms with E-state index < -0.39 is 17.9 Å². The number of hydrogen-bond acceptors (Lipinski definition) is 8. The van der Waals surface area contributed by atoms with Crippen molar-refractivity contribution in [2.24, 2.45) is 0 Å². The van der Waals surface area contributed by atoms with E-state index in [0.717, 1.165) is 6.42 Å². The van der Waals surface area contributed by atoms with Gasteiger partial charge in [0.05, 0.1) is 32.9 Å². The van der Waals surface area contributed by atoms with Crippen LogP contribution in [0.15, 0.2) is 42.5 Å². The van der Waals surface area contributed by atoms with E-state index in [2.05, 4.69) is 4.98 Å². The Morgan fingerprint density at radius 1 is 1.05 bits per heavy atom. The highest BCUT2D eigenvalue weighted by Crippen LogP contribution is 2.44. The van der Waals surface area contributed by atoms with Crippen LogP contribution >= 0.6 is 11.6 Å². The number of rotatable bonds is 7. The zero-order valence-electron chi connectivity index (χ0n) is 22.3. The average Bonchev–Trinajstić information content (AvgIpc) is 2.93. The number of hydrogen-bond donors (Lipinski definition) is 0. The van der Waals surface area contributed by atoms with E-state index in [9.17, 15) is 14.4 Å². The Bertz CT molecular complexity index is 1400. The monoisotopic (exact) mass is 551 g/mol. The summed E-state index contributed by atoms with van der Waals surface area (Å²) < 4.78 is 22.3. The van der Waals surface area contributed by atoms with E-state index in [0.29, 0.717) is 17.5 Å². The summed E-state index contributed by atoms with van der Waals surface area (Å²) in [6.45, 7) is 3.95. The lowest BCUT2D eigenvalue weighted by Crippen LogP contribution is -2.25. The fourth-order valence-electron chi connectivity index (χ4n) is 4.49. The highest BCUT2D eigenvalue weighted by molar-refractivity contribution is 6.34. The zero-order chi connectivity index (χ0) is 28.1. The Morgan fingerprint density at radius 2 is 1.77 bits per heavy atom. The van der Waals surface area contributed by atoms with Gasteiger partial charge in [-0.05, 0) is 30.5 Å². The number of methoxy groups -OCH3 is 2. The number of ether oxygens (including phenoxy) is 4. The summed E-state index contributed by atoms with van der Waals surface area (Å²) in [4.78, 5) is 45.1. The van der Waals surface area contributed by atoms with Gasteiger partial charge < -0.3 is 18.9 Å². The lowest BCUT2D eigenvalue weighted by molar-refractivity contribution is 0.0491. The molecule has 9 heteroatoms. The average molecular weight is 552 g/mol. The van der Waals surface area contributed by atoms with Gasteiger partial charge in [0, 0.05) is 18.1 Å². The van der Waals surface area contributed by atoms with E-state index in [4.69, 9.17) is 30.5 Å². The fourth-order valence-corrected chi connectivity index (χ4v) is 4.76. The molecule has 1 aliphatic rings. The van der Waals surface area contributed by atoms with Crippen molar-refractivity contribution in [3.8, 4) is 28.4 Å². The van der Waals surface area contributed by atoms with Crippen LogP contribution in [0.1, 0.15) is 70.0 Å². The molecule has 0 radical (unpaired) electrons. The molecule has 1 atom stereocenters. The van der Waals surface area contributed by atoms with Gasteiger partial charge in [-0.25, -0.2) is 9.78 Å². The number of unbranched alkanes of at least 4 members (excludes halogenated alkanes) is 1. The fraction of sp³-hybridized carbons (Fsp3) is 0.333. The Kier molecular flexibility index (Phi) is 8.86. The molecule has 2 aromatic carbocycles. The first-order valence-electron chi connectivity index (χ1n) is 12.7. The first-order chi connectivity index (χ1) is 18.8. The molecule has 0 amide bonds. The molecule has 0 unspecified atom stereocenters. The molecular formula is C30H30ClNO7. The molecule has 8 nitrogen and oxygen atoms in total. The maximum atomic E-state index is 13.8. The number of aromatic nitrogens is 1. The maximum absolute atomic E-state index is 13.8. The van der Waals surface area contributed by atoms with Crippen molar-refractivity contribution in [1.82, 2.24) is 4.98 Å². The predicted molar refractivity (Wildman–Crippen MR) is 146 cm³/mol. The van der Waals surface area contributed by atoms with Crippen molar-refractivity contribution >= 4 is 29.1 Å². The van der Waals surface area contributed by atoms with Gasteiger partial charge in [-0.3, -0.25) is 9.59 Å². The third-order valence-electron chi connectivity index (χ3n) is 6.39. The Morgan fingerprint density at radius 3 is 2.44 bits per heavy atom. The lowest BCUT2D eigenvalue weighted by atomic mass is 9.90. The van der Waals surface area contributed by atoms with Crippen molar-refractivity contribution in [2.45, 2.75) is 45.6 Å². The number of Topliss-reactive ketones (excluding diaryl/α,β-unsaturated/α-hetero) is 2. The highest BCUT2D eigenvalue weighted by atomic mass is 35.5. The van der Waals surface area contributed by atoms with Crippen LogP contribution in [-0.4, -0.2) is 49.5 Å². The van der Waals surface area contributed by atoms with Crippen LogP contribution < -0.4 is 14.2 Å². The second-order valence-electron chi connectivity index (χ2n) is 9.19. The molecule has 204 valence electrons. The quantitative estimate of drug-likeness (QED) is 0.254. The summed E-state index contributed by atoms with van der Waals surface area (Å²) in [5, 5.41) is 0.0907. The van der Waals surface area contributed by atoms with Gasteiger partial charge in [-0.2, -0.15) is 0 Å². The lowest BCUT2D eigenvalue weighted by Gasteiger charge is -2.24. The SMILES string of the molecule is CCCCOC(=O)c1cc(-c2ccccc2)c2c(n1)CC(=O)c1c(OC)cc(OC)c(Cl)c1O[C@H](C)CC2=O. The number of halogens is 1. The number of benzene rings is 2. The molecule has 1 aliphatic heterocycles. The molecular weight excluding hydrogens is 522 g/mol. The number of esters is 1. The van der Waals surface area contributed by atoms with Gasteiger partial charge in [-0.1, -0.05) is 55.3 Å². The number of pyridine rings is 1. The van der Waals surface area contributed by atoms with Gasteiger partial charge in [0.15, 0.2) is 17.3 Å². The molecule has 0 bridgehead atoms. The van der Waals surface area contributed by atoms with Crippen LogP contribution in [0, 0.1) is 0 Å². The smallest absolute Gasteiger partial charge is 0.356 e. The standard InChI is InChI=1S/C30H30ClNO7/c1-5-6-12-38-30(35)21-14-19(18-10-8-7-9-11-18)26-20(32-21)15-23(34)27-24(36-3)16-25(37-4)28(31)29(27)39-17(2)13-22(26)33/h7-11,14,16-17H,5-6,12-13,15H2,1-4H3/t17-/m1/s1. The summed E-state index contributed by atoms with van der Waals surface area (Å²) in [6, 6.07) is 12.2. The Labute approximate surface area is 232 Å². The molecule has 2 heterocycles. The summed E-state index contributed by atoms with van der Waals surface area (Å²) in [5.41, 5.74) is 1.75. The molecule has 0 fully saturated rings. The largest absolute Gasteiger partial charge is 0.496 e. The summed E-state index contributed by atoms with van der Waals surface area (Å²) in [5.74, 6) is -0.814. The van der Waals surface area contributed by atoms with E-state index in [1.165, 1.54) is 20.3 Å². The number of carbonyl (C=O) groups is 3. The number of nitrogens with zero attached hydrogens (tertiary/aromatic N) is 1. The van der Waals surface area contributed by atoms with Gasteiger partial charge in [0.25, 0.3) is 0 Å². The molecule has 0 aliphatic carbocycles. The minimum Gasteiger partial charge on any atom is -0.496 e. The molecule has 39 heavy (non-hydrogen) atoms. The van der Waals surface area contributed by atoms with Crippen LogP contribution in [-0.2, 0) is 11.2 Å². The van der Waals surface area contributed by atoms with E-state index in [1.54, 1.807) is 13.0 Å². The first kappa shape index (κ1) is 28.1. The molecule has 0 spiro atoms. The minimum absolute atomic E-state index is 0.0191. The normalized spacial score (nSPS) is 15.1. The van der Waals surface area contributed by atoms with Crippen molar-refractivity contribution < 1.29 is 33.3 Å². The van der Waals surface area contributed by atoms with Crippen molar-refractivity contribution in [3.63, 3.8) is 0 Å². The maximum Gasteiger partial charge on any atom is 0.356 e. The van der Waals surface area contributed by atoms with Gasteiger partial charge in [0.2, 0.25) is 0 Å².